The van der Waals surface area contributed by atoms with Gasteiger partial charge < -0.3 is 4.57 Å². The summed E-state index contributed by atoms with van der Waals surface area (Å²) < 4.78 is 2.21. The zero-order valence-electron chi connectivity index (χ0n) is 9.57. The Morgan fingerprint density at radius 3 is 3.00 bits per heavy atom. The SMILES string of the molecule is CC(C)Cn1c(S)nc2c1=CCC(C)C=2. The third kappa shape index (κ3) is 2.12. The molecule has 1 aliphatic carbocycles. The number of thiol groups is 1. The quantitative estimate of drug-likeness (QED) is 0.750. The summed E-state index contributed by atoms with van der Waals surface area (Å²) in [6.07, 6.45) is 5.64. The average Bonchev–Trinajstić information content (AvgIpc) is 2.41. The number of hydrogen-bond donors (Lipinski definition) is 1. The summed E-state index contributed by atoms with van der Waals surface area (Å²) in [5.74, 6) is 1.23. The van der Waals surface area contributed by atoms with Gasteiger partial charge >= 0.3 is 0 Å². The molecule has 0 radical (unpaired) electrons. The topological polar surface area (TPSA) is 17.8 Å². The highest BCUT2D eigenvalue weighted by Crippen LogP contribution is 2.08. The van der Waals surface area contributed by atoms with E-state index in [1.807, 2.05) is 0 Å². The summed E-state index contributed by atoms with van der Waals surface area (Å²) >= 11 is 4.44. The minimum absolute atomic E-state index is 0.604. The van der Waals surface area contributed by atoms with E-state index in [-0.39, 0.29) is 0 Å². The van der Waals surface area contributed by atoms with Crippen molar-refractivity contribution < 1.29 is 0 Å². The number of imidazole rings is 1. The Bertz CT molecular complexity index is 471. The van der Waals surface area contributed by atoms with Crippen LogP contribution in [0.25, 0.3) is 12.2 Å². The monoisotopic (exact) mass is 222 g/mol. The van der Waals surface area contributed by atoms with Crippen LogP contribution in [0.15, 0.2) is 5.16 Å². The van der Waals surface area contributed by atoms with E-state index >= 15 is 0 Å². The smallest absolute Gasteiger partial charge is 0.165 e. The first-order chi connectivity index (χ1) is 7.08. The molecule has 0 saturated carbocycles. The van der Waals surface area contributed by atoms with Crippen LogP contribution in [0, 0.1) is 11.8 Å². The molecule has 1 aromatic heterocycles. The van der Waals surface area contributed by atoms with Gasteiger partial charge in [-0.25, -0.2) is 4.98 Å². The van der Waals surface area contributed by atoms with Crippen molar-refractivity contribution in [3.05, 3.63) is 10.7 Å². The molecular weight excluding hydrogens is 204 g/mol. The summed E-state index contributed by atoms with van der Waals surface area (Å²) in [4.78, 5) is 4.49. The molecule has 0 spiro atoms. The Hall–Kier alpha value is -0.700. The normalized spacial score (nSPS) is 19.7. The molecule has 1 aromatic rings. The number of rotatable bonds is 2. The lowest BCUT2D eigenvalue weighted by Crippen LogP contribution is -2.34. The predicted molar refractivity (Wildman–Crippen MR) is 66.3 cm³/mol. The number of nitrogens with zero attached hydrogens (tertiary/aromatic N) is 2. The van der Waals surface area contributed by atoms with Crippen molar-refractivity contribution in [1.29, 1.82) is 0 Å². The molecule has 15 heavy (non-hydrogen) atoms. The molecule has 0 fully saturated rings. The highest BCUT2D eigenvalue weighted by atomic mass is 32.1. The molecular formula is C12H18N2S. The molecule has 1 atom stereocenters. The fourth-order valence-electron chi connectivity index (χ4n) is 1.99. The molecule has 0 amide bonds. The van der Waals surface area contributed by atoms with E-state index < -0.39 is 0 Å². The lowest BCUT2D eigenvalue weighted by atomic mass is 10.0. The number of hydrogen-bond acceptors (Lipinski definition) is 2. The van der Waals surface area contributed by atoms with Gasteiger partial charge in [-0.1, -0.05) is 32.9 Å². The minimum Gasteiger partial charge on any atom is -0.319 e. The summed E-state index contributed by atoms with van der Waals surface area (Å²) in [5.41, 5.74) is 0. The van der Waals surface area contributed by atoms with E-state index in [2.05, 4.69) is 55.1 Å². The second-order valence-electron chi connectivity index (χ2n) is 4.77. The summed E-state index contributed by atoms with van der Waals surface area (Å²) in [7, 11) is 0. The van der Waals surface area contributed by atoms with Crippen molar-refractivity contribution >= 4 is 24.8 Å². The molecule has 1 aliphatic rings. The van der Waals surface area contributed by atoms with Gasteiger partial charge in [0.25, 0.3) is 0 Å². The molecule has 0 bridgehead atoms. The van der Waals surface area contributed by atoms with Crippen LogP contribution in [0.1, 0.15) is 27.2 Å². The Labute approximate surface area is 96.1 Å². The molecule has 2 nitrogen and oxygen atoms in total. The van der Waals surface area contributed by atoms with Crippen LogP contribution in [0.4, 0.5) is 0 Å². The van der Waals surface area contributed by atoms with Gasteiger partial charge in [-0.15, -0.1) is 12.6 Å². The number of fused-ring (bicyclic) bond motifs is 1. The Morgan fingerprint density at radius 1 is 1.60 bits per heavy atom. The first kappa shape index (κ1) is 10.8. The molecule has 0 aromatic carbocycles. The van der Waals surface area contributed by atoms with E-state index in [9.17, 15) is 0 Å². The average molecular weight is 222 g/mol. The molecule has 82 valence electrons. The van der Waals surface area contributed by atoms with Gasteiger partial charge in [0.05, 0.1) is 10.7 Å². The highest BCUT2D eigenvalue weighted by Gasteiger charge is 2.10. The van der Waals surface area contributed by atoms with Crippen LogP contribution in [-0.4, -0.2) is 9.55 Å². The third-order valence-corrected chi connectivity index (χ3v) is 3.03. The van der Waals surface area contributed by atoms with Crippen LogP contribution >= 0.6 is 12.6 Å². The molecule has 2 rings (SSSR count). The van der Waals surface area contributed by atoms with E-state index in [0.717, 1.165) is 23.5 Å². The van der Waals surface area contributed by atoms with Crippen LogP contribution in [0.2, 0.25) is 0 Å². The Morgan fingerprint density at radius 2 is 2.33 bits per heavy atom. The largest absolute Gasteiger partial charge is 0.319 e. The molecule has 1 heterocycles. The maximum atomic E-state index is 4.49. The molecule has 0 aliphatic heterocycles. The minimum atomic E-state index is 0.604. The van der Waals surface area contributed by atoms with Gasteiger partial charge in [0.1, 0.15) is 0 Å². The summed E-state index contributed by atoms with van der Waals surface area (Å²) in [5, 5.41) is 3.21. The maximum Gasteiger partial charge on any atom is 0.165 e. The van der Waals surface area contributed by atoms with Gasteiger partial charge in [-0.2, -0.15) is 0 Å². The fourth-order valence-corrected chi connectivity index (χ4v) is 2.29. The highest BCUT2D eigenvalue weighted by molar-refractivity contribution is 7.80. The van der Waals surface area contributed by atoms with Crippen LogP contribution in [-0.2, 0) is 6.54 Å². The lowest BCUT2D eigenvalue weighted by molar-refractivity contribution is 0.486. The second kappa shape index (κ2) is 4.05. The summed E-state index contributed by atoms with van der Waals surface area (Å²) in [6, 6.07) is 0. The zero-order chi connectivity index (χ0) is 11.0. The lowest BCUT2D eigenvalue weighted by Gasteiger charge is -2.10. The Balaban J connectivity index is 2.54. The van der Waals surface area contributed by atoms with Crippen LogP contribution < -0.4 is 10.7 Å². The van der Waals surface area contributed by atoms with Crippen molar-refractivity contribution in [3.8, 4) is 0 Å². The van der Waals surface area contributed by atoms with E-state index in [4.69, 9.17) is 0 Å². The van der Waals surface area contributed by atoms with Gasteiger partial charge in [-0.3, -0.25) is 0 Å². The van der Waals surface area contributed by atoms with Gasteiger partial charge in [0, 0.05) is 6.54 Å². The standard InChI is InChI=1S/C12H18N2S/c1-8(2)7-14-11-5-4-9(3)6-10(11)13-12(14)15/h5-6,8-9H,4,7H2,1-3H3,(H,13,15). The van der Waals surface area contributed by atoms with Gasteiger partial charge in [0.2, 0.25) is 0 Å². The first-order valence-corrected chi connectivity index (χ1v) is 6.00. The first-order valence-electron chi connectivity index (χ1n) is 5.55. The maximum absolute atomic E-state index is 4.49. The van der Waals surface area contributed by atoms with Crippen molar-refractivity contribution in [2.75, 3.05) is 0 Å². The van der Waals surface area contributed by atoms with Crippen molar-refractivity contribution in [2.24, 2.45) is 11.8 Å². The predicted octanol–water partition coefficient (Wildman–Crippen LogP) is 1.43. The zero-order valence-corrected chi connectivity index (χ0v) is 10.5. The van der Waals surface area contributed by atoms with E-state index in [1.54, 1.807) is 0 Å². The van der Waals surface area contributed by atoms with Crippen molar-refractivity contribution in [3.63, 3.8) is 0 Å². The molecule has 3 heteroatoms. The Kier molecular flexibility index (Phi) is 2.91. The fraction of sp³-hybridized carbons (Fsp3) is 0.583. The second-order valence-corrected chi connectivity index (χ2v) is 5.17. The van der Waals surface area contributed by atoms with Crippen molar-refractivity contribution in [1.82, 2.24) is 9.55 Å². The van der Waals surface area contributed by atoms with E-state index in [1.165, 1.54) is 5.35 Å². The van der Waals surface area contributed by atoms with Gasteiger partial charge in [-0.05, 0) is 18.3 Å². The van der Waals surface area contributed by atoms with Crippen LogP contribution in [0.5, 0.6) is 0 Å². The van der Waals surface area contributed by atoms with Crippen LogP contribution in [0.3, 0.4) is 0 Å². The van der Waals surface area contributed by atoms with E-state index in [0.29, 0.717) is 11.8 Å². The number of aromatic nitrogens is 2. The molecule has 0 saturated heterocycles. The molecule has 1 unspecified atom stereocenters. The van der Waals surface area contributed by atoms with Crippen molar-refractivity contribution in [2.45, 2.75) is 38.9 Å². The summed E-state index contributed by atoms with van der Waals surface area (Å²) in [6.45, 7) is 7.66. The third-order valence-electron chi connectivity index (χ3n) is 2.69. The molecule has 0 N–H and O–H groups in total. The van der Waals surface area contributed by atoms with Gasteiger partial charge in [0.15, 0.2) is 5.16 Å².